The summed E-state index contributed by atoms with van der Waals surface area (Å²) in [5, 5.41) is 2.44. The van der Waals surface area contributed by atoms with Crippen molar-refractivity contribution >= 4 is 13.7 Å². The van der Waals surface area contributed by atoms with Gasteiger partial charge in [0.05, 0.1) is 12.7 Å². The highest BCUT2D eigenvalue weighted by molar-refractivity contribution is 7.51. The molecule has 0 spiro atoms. The molecule has 174 valence electrons. The van der Waals surface area contributed by atoms with E-state index in [1.165, 1.54) is 13.8 Å². The first-order chi connectivity index (χ1) is 14.4. The van der Waals surface area contributed by atoms with Crippen molar-refractivity contribution in [3.63, 3.8) is 0 Å². The maximum Gasteiger partial charge on any atom is 0.408 e. The molecule has 0 saturated carbocycles. The zero-order chi connectivity index (χ0) is 23.0. The monoisotopic (exact) mass is 465 g/mol. The Hall–Kier alpha value is -1.89. The van der Waals surface area contributed by atoms with Gasteiger partial charge in [0, 0.05) is 12.3 Å². The van der Waals surface area contributed by atoms with Crippen molar-refractivity contribution < 1.29 is 37.0 Å². The third-order valence-electron chi connectivity index (χ3n) is 4.72. The van der Waals surface area contributed by atoms with Crippen LogP contribution < -0.4 is 16.3 Å². The summed E-state index contributed by atoms with van der Waals surface area (Å²) in [6.45, 7) is 4.87. The summed E-state index contributed by atoms with van der Waals surface area (Å²) in [5.74, 6) is -0.663. The quantitative estimate of drug-likeness (QED) is 0.468. The summed E-state index contributed by atoms with van der Waals surface area (Å²) in [7, 11) is -4.03. The van der Waals surface area contributed by atoms with Gasteiger partial charge < -0.3 is 14.2 Å². The van der Waals surface area contributed by atoms with E-state index in [1.54, 1.807) is 13.8 Å². The number of halogens is 1. The van der Waals surface area contributed by atoms with Crippen molar-refractivity contribution in [2.75, 3.05) is 13.4 Å². The summed E-state index contributed by atoms with van der Waals surface area (Å²) in [4.78, 5) is 37.4. The minimum atomic E-state index is -4.03. The Balaban J connectivity index is 1.75. The summed E-state index contributed by atoms with van der Waals surface area (Å²) in [6, 6.07) is 0.0316. The van der Waals surface area contributed by atoms with E-state index in [1.807, 2.05) is 4.98 Å². The largest absolute Gasteiger partial charge is 0.462 e. The van der Waals surface area contributed by atoms with Crippen molar-refractivity contribution in [1.82, 2.24) is 14.6 Å². The Kier molecular flexibility index (Phi) is 6.84. The molecule has 2 aliphatic heterocycles. The number of H-pyrrole nitrogens is 1. The molecule has 2 aliphatic rings. The van der Waals surface area contributed by atoms with Crippen LogP contribution in [0.25, 0.3) is 0 Å². The van der Waals surface area contributed by atoms with Crippen molar-refractivity contribution in [2.24, 2.45) is 0 Å². The number of fused-ring (bicyclic) bond motifs is 1. The number of alkyl halides is 1. The highest BCUT2D eigenvalue weighted by Gasteiger charge is 2.58. The number of aromatic nitrogens is 2. The first-order valence-corrected chi connectivity index (χ1v) is 11.1. The molecule has 0 bridgehead atoms. The zero-order valence-corrected chi connectivity index (χ0v) is 18.3. The molecule has 2 saturated heterocycles. The predicted octanol–water partition coefficient (Wildman–Crippen LogP) is 0.589. The molecule has 6 atom stereocenters. The number of hydrogen-bond acceptors (Lipinski definition) is 9. The second-order valence-electron chi connectivity index (χ2n) is 7.66. The van der Waals surface area contributed by atoms with E-state index in [9.17, 15) is 18.9 Å². The van der Waals surface area contributed by atoms with Crippen molar-refractivity contribution in [1.29, 1.82) is 0 Å². The smallest absolute Gasteiger partial charge is 0.408 e. The van der Waals surface area contributed by atoms with Crippen LogP contribution >= 0.6 is 7.75 Å². The van der Waals surface area contributed by atoms with Crippen molar-refractivity contribution in [2.45, 2.75) is 63.9 Å². The van der Waals surface area contributed by atoms with Crippen LogP contribution in [0.2, 0.25) is 0 Å². The average Bonchev–Trinajstić information content (AvgIpc) is 2.88. The maximum atomic E-state index is 15.6. The normalized spacial score (nSPS) is 34.6. The van der Waals surface area contributed by atoms with Crippen molar-refractivity contribution in [3.05, 3.63) is 33.1 Å². The van der Waals surface area contributed by atoms with Crippen LogP contribution in [0.4, 0.5) is 4.39 Å². The fourth-order valence-corrected chi connectivity index (χ4v) is 4.65. The lowest BCUT2D eigenvalue weighted by Gasteiger charge is -2.31. The number of aromatic amines is 1. The van der Waals surface area contributed by atoms with Crippen LogP contribution in [0.1, 0.15) is 33.9 Å². The summed E-state index contributed by atoms with van der Waals surface area (Å²) in [5.41, 5.74) is -3.73. The highest BCUT2D eigenvalue weighted by atomic mass is 31.2. The number of carbonyl (C=O) groups excluding carboxylic acids is 1. The van der Waals surface area contributed by atoms with Crippen molar-refractivity contribution in [3.8, 4) is 0 Å². The molecule has 0 aliphatic carbocycles. The number of esters is 1. The Morgan fingerprint density at radius 2 is 2.10 bits per heavy atom. The number of carbonyl (C=O) groups is 1. The van der Waals surface area contributed by atoms with Crippen LogP contribution in [0.5, 0.6) is 0 Å². The lowest BCUT2D eigenvalue weighted by Crippen LogP contribution is -2.46. The van der Waals surface area contributed by atoms with E-state index in [0.29, 0.717) is 0 Å². The van der Waals surface area contributed by atoms with Crippen LogP contribution in [0.3, 0.4) is 0 Å². The maximum absolute atomic E-state index is 15.6. The molecule has 12 nitrogen and oxygen atoms in total. The molecule has 1 aromatic heterocycles. The van der Waals surface area contributed by atoms with E-state index < -0.39 is 68.5 Å². The van der Waals surface area contributed by atoms with Crippen LogP contribution in [-0.4, -0.2) is 58.9 Å². The molecule has 3 rings (SSSR count). The molecular formula is C17H25FN3O9P. The lowest BCUT2D eigenvalue weighted by molar-refractivity contribution is -0.149. The number of hydrogen-bond donors (Lipinski definition) is 2. The molecule has 0 aromatic carbocycles. The second kappa shape index (κ2) is 8.93. The highest BCUT2D eigenvalue weighted by Crippen LogP contribution is 2.49. The SMILES string of the molecule is CC(C)OC(=O)[C@H](C)NP1(=O)OCOC2[C@@H](CO1)O[C@@H](n1ccc(=O)[nH]c1=O)[C@@]2(C)F. The van der Waals surface area contributed by atoms with Gasteiger partial charge in [-0.2, -0.15) is 0 Å². The Labute approximate surface area is 176 Å². The van der Waals surface area contributed by atoms with Gasteiger partial charge in [-0.15, -0.1) is 0 Å². The van der Waals surface area contributed by atoms with Crippen LogP contribution in [0.15, 0.2) is 21.9 Å². The number of rotatable bonds is 5. The molecule has 31 heavy (non-hydrogen) atoms. The first-order valence-electron chi connectivity index (χ1n) is 9.58. The Morgan fingerprint density at radius 3 is 2.74 bits per heavy atom. The molecule has 14 heteroatoms. The third kappa shape index (κ3) is 5.13. The summed E-state index contributed by atoms with van der Waals surface area (Å²) < 4.78 is 55.9. The van der Waals surface area contributed by atoms with Gasteiger partial charge in [0.2, 0.25) is 0 Å². The van der Waals surface area contributed by atoms with Gasteiger partial charge >= 0.3 is 19.4 Å². The molecular weight excluding hydrogens is 440 g/mol. The van der Waals surface area contributed by atoms with E-state index in [2.05, 4.69) is 5.09 Å². The minimum absolute atomic E-state index is 0.372. The van der Waals surface area contributed by atoms with Gasteiger partial charge in [0.1, 0.15) is 18.2 Å². The fraction of sp³-hybridized carbons (Fsp3) is 0.706. The Morgan fingerprint density at radius 1 is 1.39 bits per heavy atom. The molecule has 0 amide bonds. The van der Waals surface area contributed by atoms with E-state index >= 15 is 4.39 Å². The third-order valence-corrected chi connectivity index (χ3v) is 6.36. The number of ether oxygens (including phenoxy) is 3. The zero-order valence-electron chi connectivity index (χ0n) is 17.4. The topological polar surface area (TPSA) is 147 Å². The molecule has 0 radical (unpaired) electrons. The van der Waals surface area contributed by atoms with Gasteiger partial charge in [-0.05, 0) is 27.7 Å². The lowest BCUT2D eigenvalue weighted by atomic mass is 9.98. The molecule has 1 aromatic rings. The number of nitrogens with one attached hydrogen (secondary N) is 2. The van der Waals surface area contributed by atoms with E-state index in [-0.39, 0.29) is 6.10 Å². The molecule has 2 unspecified atom stereocenters. The van der Waals surface area contributed by atoms with E-state index in [4.69, 9.17) is 23.3 Å². The van der Waals surface area contributed by atoms with Crippen LogP contribution in [-0.2, 0) is 32.6 Å². The first kappa shape index (κ1) is 23.8. The van der Waals surface area contributed by atoms with Gasteiger partial charge in [0.15, 0.2) is 18.7 Å². The van der Waals surface area contributed by atoms with Gasteiger partial charge in [-0.1, -0.05) is 0 Å². The second-order valence-corrected chi connectivity index (χ2v) is 9.43. The molecule has 2 fully saturated rings. The average molecular weight is 465 g/mol. The van der Waals surface area contributed by atoms with Gasteiger partial charge in [0.25, 0.3) is 5.56 Å². The molecule has 2 N–H and O–H groups in total. The Bertz CT molecular complexity index is 978. The minimum Gasteiger partial charge on any atom is -0.462 e. The standard InChI is InChI=1S/C17H25FN3O9P/c1-9(2)29-14(23)10(3)20-31(25)27-7-11-13(26-8-28-31)17(4,18)15(30-11)21-6-5-12(22)19-16(21)24/h5-6,9-11,13,15H,7-8H2,1-4H3,(H,20,25)(H,19,22,24)/t10-,11+,13?,15+,17-,31?/m0/s1. The van der Waals surface area contributed by atoms with Gasteiger partial charge in [-0.3, -0.25) is 28.2 Å². The summed E-state index contributed by atoms with van der Waals surface area (Å²) in [6.07, 6.45) is -3.00. The van der Waals surface area contributed by atoms with Crippen LogP contribution in [0, 0.1) is 0 Å². The van der Waals surface area contributed by atoms with Gasteiger partial charge in [-0.25, -0.2) is 18.8 Å². The van der Waals surface area contributed by atoms with E-state index in [0.717, 1.165) is 16.8 Å². The molecule has 3 heterocycles. The summed E-state index contributed by atoms with van der Waals surface area (Å²) >= 11 is 0. The predicted molar refractivity (Wildman–Crippen MR) is 103 cm³/mol. The number of nitrogens with zero attached hydrogens (tertiary/aromatic N) is 1. The fourth-order valence-electron chi connectivity index (χ4n) is 3.30.